The van der Waals surface area contributed by atoms with Crippen LogP contribution >= 0.6 is 0 Å². The number of pyridine rings is 1. The van der Waals surface area contributed by atoms with Crippen molar-refractivity contribution >= 4 is 5.69 Å². The molecule has 0 aromatic carbocycles. The fourth-order valence-electron chi connectivity index (χ4n) is 1.01. The van der Waals surface area contributed by atoms with Gasteiger partial charge in [-0.05, 0) is 0 Å². The molecule has 5 nitrogen and oxygen atoms in total. The molecule has 0 saturated heterocycles. The minimum atomic E-state index is -5.24. The van der Waals surface area contributed by atoms with Crippen LogP contribution in [0.3, 0.4) is 0 Å². The number of nitro groups is 1. The van der Waals surface area contributed by atoms with Gasteiger partial charge >= 0.3 is 6.36 Å². The Bertz CT molecular complexity index is 434. The average molecular weight is 258 g/mol. The first kappa shape index (κ1) is 13.1. The summed E-state index contributed by atoms with van der Waals surface area (Å²) >= 11 is 0. The lowest BCUT2D eigenvalue weighted by atomic mass is 10.2. The van der Waals surface area contributed by atoms with Gasteiger partial charge in [-0.2, -0.15) is 0 Å². The van der Waals surface area contributed by atoms with E-state index in [1.807, 2.05) is 0 Å². The van der Waals surface area contributed by atoms with Crippen LogP contribution in [0.2, 0.25) is 0 Å². The van der Waals surface area contributed by atoms with Crippen molar-refractivity contribution < 1.29 is 31.6 Å². The van der Waals surface area contributed by atoms with Crippen LogP contribution in [0.5, 0.6) is 5.75 Å². The second-order valence-corrected chi connectivity index (χ2v) is 2.68. The monoisotopic (exact) mass is 258 g/mol. The summed E-state index contributed by atoms with van der Waals surface area (Å²) in [5, 5.41) is 10.3. The highest BCUT2D eigenvalue weighted by Gasteiger charge is 2.36. The number of rotatable bonds is 3. The topological polar surface area (TPSA) is 65.3 Å². The molecule has 0 aliphatic rings. The number of nitrogens with zero attached hydrogens (tertiary/aromatic N) is 2. The minimum absolute atomic E-state index is 0.335. The first-order valence-corrected chi connectivity index (χ1v) is 3.88. The third kappa shape index (κ3) is 3.23. The fraction of sp³-hybridized carbons (Fsp3) is 0.286. The van der Waals surface area contributed by atoms with Crippen molar-refractivity contribution in [2.75, 3.05) is 0 Å². The van der Waals surface area contributed by atoms with Crippen LogP contribution in [0.1, 0.15) is 12.0 Å². The van der Waals surface area contributed by atoms with Gasteiger partial charge in [-0.3, -0.25) is 15.1 Å². The molecule has 17 heavy (non-hydrogen) atoms. The van der Waals surface area contributed by atoms with Crippen LogP contribution < -0.4 is 4.74 Å². The van der Waals surface area contributed by atoms with Crippen molar-refractivity contribution in [3.05, 3.63) is 28.1 Å². The average Bonchev–Trinajstić information content (AvgIpc) is 2.14. The van der Waals surface area contributed by atoms with E-state index in [9.17, 15) is 32.1 Å². The van der Waals surface area contributed by atoms with Crippen molar-refractivity contribution in [3.63, 3.8) is 0 Å². The Hall–Kier alpha value is -2.00. The summed E-state index contributed by atoms with van der Waals surface area (Å²) in [5.74, 6) is -1.39. The molecule has 10 heteroatoms. The normalized spacial score (nSPS) is 11.6. The van der Waals surface area contributed by atoms with E-state index in [0.717, 1.165) is 0 Å². The van der Waals surface area contributed by atoms with Crippen LogP contribution in [0, 0.1) is 10.1 Å². The van der Waals surface area contributed by atoms with Crippen molar-refractivity contribution in [3.8, 4) is 5.75 Å². The van der Waals surface area contributed by atoms with Crippen LogP contribution in [0.25, 0.3) is 0 Å². The number of hydrogen-bond donors (Lipinski definition) is 0. The quantitative estimate of drug-likeness (QED) is 0.475. The van der Waals surface area contributed by atoms with E-state index in [1.54, 1.807) is 0 Å². The molecule has 0 fully saturated rings. The molecule has 1 rings (SSSR count). The van der Waals surface area contributed by atoms with E-state index in [2.05, 4.69) is 9.72 Å². The zero-order valence-electron chi connectivity index (χ0n) is 7.74. The first-order valence-electron chi connectivity index (χ1n) is 3.88. The first-order chi connectivity index (χ1) is 7.72. The van der Waals surface area contributed by atoms with Gasteiger partial charge in [0.15, 0.2) is 5.75 Å². The molecule has 0 aliphatic carbocycles. The smallest absolute Gasteiger partial charge is 0.403 e. The van der Waals surface area contributed by atoms with Gasteiger partial charge in [0.2, 0.25) is 0 Å². The number of ether oxygens (including phenoxy) is 1. The lowest BCUT2D eigenvalue weighted by Crippen LogP contribution is -2.18. The Morgan fingerprint density at radius 1 is 1.35 bits per heavy atom. The third-order valence-corrected chi connectivity index (χ3v) is 1.57. The molecular weight excluding hydrogens is 255 g/mol. The third-order valence-electron chi connectivity index (χ3n) is 1.57. The molecule has 0 atom stereocenters. The summed E-state index contributed by atoms with van der Waals surface area (Å²) in [5.41, 5.74) is -2.69. The summed E-state index contributed by atoms with van der Waals surface area (Å²) in [7, 11) is 0. The van der Waals surface area contributed by atoms with Gasteiger partial charge < -0.3 is 4.74 Å². The summed E-state index contributed by atoms with van der Waals surface area (Å²) < 4.78 is 63.7. The van der Waals surface area contributed by atoms with Gasteiger partial charge in [0.25, 0.3) is 12.1 Å². The minimum Gasteiger partial charge on any atom is -0.403 e. The fourth-order valence-corrected chi connectivity index (χ4v) is 1.01. The lowest BCUT2D eigenvalue weighted by molar-refractivity contribution is -0.386. The SMILES string of the molecule is O=[N+]([O-])c1cncc(OC(F)(F)F)c1C(F)F. The van der Waals surface area contributed by atoms with Crippen molar-refractivity contribution in [1.29, 1.82) is 0 Å². The molecular formula is C7H3F5N2O3. The molecule has 0 N–H and O–H groups in total. The molecule has 0 spiro atoms. The van der Waals surface area contributed by atoms with Crippen LogP contribution in [0.4, 0.5) is 27.6 Å². The van der Waals surface area contributed by atoms with Gasteiger partial charge in [-0.15, -0.1) is 13.2 Å². The molecule has 1 aromatic heterocycles. The van der Waals surface area contributed by atoms with E-state index >= 15 is 0 Å². The Morgan fingerprint density at radius 3 is 2.35 bits per heavy atom. The predicted molar refractivity (Wildman–Crippen MR) is 42.5 cm³/mol. The maximum Gasteiger partial charge on any atom is 0.573 e. The molecule has 0 bridgehead atoms. The molecule has 0 aliphatic heterocycles. The van der Waals surface area contributed by atoms with E-state index in [1.165, 1.54) is 0 Å². The lowest BCUT2D eigenvalue weighted by Gasteiger charge is -2.11. The highest BCUT2D eigenvalue weighted by Crippen LogP contribution is 2.37. The molecule has 0 unspecified atom stereocenters. The molecule has 1 heterocycles. The summed E-state index contributed by atoms with van der Waals surface area (Å²) in [6.45, 7) is 0. The maximum absolute atomic E-state index is 12.4. The summed E-state index contributed by atoms with van der Waals surface area (Å²) in [6.07, 6.45) is -7.97. The second kappa shape index (κ2) is 4.47. The van der Waals surface area contributed by atoms with E-state index < -0.39 is 34.7 Å². The molecule has 0 radical (unpaired) electrons. The van der Waals surface area contributed by atoms with Gasteiger partial charge in [0.1, 0.15) is 11.8 Å². The summed E-state index contributed by atoms with van der Waals surface area (Å²) in [6, 6.07) is 0. The number of aromatic nitrogens is 1. The number of halogens is 5. The second-order valence-electron chi connectivity index (χ2n) is 2.68. The molecule has 94 valence electrons. The van der Waals surface area contributed by atoms with Gasteiger partial charge in [0.05, 0.1) is 11.1 Å². The van der Waals surface area contributed by atoms with E-state index in [4.69, 9.17) is 0 Å². The molecule has 1 aromatic rings. The van der Waals surface area contributed by atoms with E-state index in [-0.39, 0.29) is 0 Å². The van der Waals surface area contributed by atoms with Gasteiger partial charge in [-0.25, -0.2) is 8.78 Å². The zero-order valence-corrected chi connectivity index (χ0v) is 7.74. The van der Waals surface area contributed by atoms with Crippen LogP contribution in [-0.2, 0) is 0 Å². The van der Waals surface area contributed by atoms with Crippen molar-refractivity contribution in [1.82, 2.24) is 4.98 Å². The Kier molecular flexibility index (Phi) is 3.44. The zero-order chi connectivity index (χ0) is 13.2. The van der Waals surface area contributed by atoms with Crippen molar-refractivity contribution in [2.24, 2.45) is 0 Å². The Morgan fingerprint density at radius 2 is 1.94 bits per heavy atom. The standard InChI is InChI=1S/C7H3F5N2O3/c8-6(9)5-3(14(15)16)1-13-2-4(5)17-7(10,11)12/h1-2,6H. The Labute approximate surface area is 90.0 Å². The van der Waals surface area contributed by atoms with Crippen LogP contribution in [0.15, 0.2) is 12.4 Å². The van der Waals surface area contributed by atoms with Gasteiger partial charge in [0, 0.05) is 0 Å². The highest BCUT2D eigenvalue weighted by molar-refractivity contribution is 5.47. The molecule has 0 amide bonds. The summed E-state index contributed by atoms with van der Waals surface area (Å²) in [4.78, 5) is 12.1. The number of hydrogen-bond acceptors (Lipinski definition) is 4. The van der Waals surface area contributed by atoms with Gasteiger partial charge in [-0.1, -0.05) is 0 Å². The predicted octanol–water partition coefficient (Wildman–Crippen LogP) is 2.83. The highest BCUT2D eigenvalue weighted by atomic mass is 19.4. The molecule has 0 saturated carbocycles. The maximum atomic E-state index is 12.4. The van der Waals surface area contributed by atoms with E-state index in [0.29, 0.717) is 12.4 Å². The number of alkyl halides is 5. The van der Waals surface area contributed by atoms with Crippen molar-refractivity contribution in [2.45, 2.75) is 12.8 Å². The van der Waals surface area contributed by atoms with Crippen LogP contribution in [-0.4, -0.2) is 16.3 Å². The largest absolute Gasteiger partial charge is 0.573 e. The Balaban J connectivity index is 3.30.